The number of methoxy groups -OCH3 is 1. The van der Waals surface area contributed by atoms with E-state index in [0.29, 0.717) is 39.1 Å². The molecule has 2 aliphatic heterocycles. The van der Waals surface area contributed by atoms with Gasteiger partial charge in [0.15, 0.2) is 0 Å². The SMILES string of the molecule is CO[C@@H]1COCC[C@@H]1NC1CCN(C(=O)c2cc(Cc3cccc(C(F)(F)F)c3)nc(C(F)(F)F)n2)CC1. The Hall–Kier alpha value is -2.77. The fourth-order valence-corrected chi connectivity index (χ4v) is 4.74. The van der Waals surface area contributed by atoms with Crippen LogP contribution in [0.2, 0.25) is 0 Å². The van der Waals surface area contributed by atoms with Gasteiger partial charge in [-0.3, -0.25) is 4.79 Å². The lowest BCUT2D eigenvalue weighted by Crippen LogP contribution is -2.54. The van der Waals surface area contributed by atoms with E-state index in [1.165, 1.54) is 17.0 Å². The van der Waals surface area contributed by atoms with Gasteiger partial charge in [-0.25, -0.2) is 9.97 Å². The van der Waals surface area contributed by atoms with Crippen molar-refractivity contribution < 1.29 is 40.6 Å². The Kier molecular flexibility index (Phi) is 8.58. The quantitative estimate of drug-likeness (QED) is 0.550. The van der Waals surface area contributed by atoms with E-state index in [-0.39, 0.29) is 35.9 Å². The molecular formula is C25H28F6N4O3. The van der Waals surface area contributed by atoms with Gasteiger partial charge in [0.25, 0.3) is 5.91 Å². The number of nitrogens with zero attached hydrogens (tertiary/aromatic N) is 3. The van der Waals surface area contributed by atoms with Crippen molar-refractivity contribution in [3.8, 4) is 0 Å². The second kappa shape index (κ2) is 11.5. The molecule has 2 saturated heterocycles. The minimum Gasteiger partial charge on any atom is -0.379 e. The fourth-order valence-electron chi connectivity index (χ4n) is 4.74. The zero-order valence-corrected chi connectivity index (χ0v) is 20.6. The Morgan fingerprint density at radius 2 is 1.82 bits per heavy atom. The fraction of sp³-hybridized carbons (Fsp3) is 0.560. The Labute approximate surface area is 215 Å². The lowest BCUT2D eigenvalue weighted by Gasteiger charge is -2.38. The lowest BCUT2D eigenvalue weighted by atomic mass is 9.99. The molecule has 2 fully saturated rings. The summed E-state index contributed by atoms with van der Waals surface area (Å²) in [6.45, 7) is 1.73. The smallest absolute Gasteiger partial charge is 0.379 e. The number of halogens is 6. The van der Waals surface area contributed by atoms with Crippen molar-refractivity contribution in [3.63, 3.8) is 0 Å². The molecular weight excluding hydrogens is 518 g/mol. The van der Waals surface area contributed by atoms with Crippen molar-refractivity contribution in [2.24, 2.45) is 0 Å². The molecule has 3 heterocycles. The highest BCUT2D eigenvalue weighted by Gasteiger charge is 2.37. The van der Waals surface area contributed by atoms with E-state index in [1.807, 2.05) is 0 Å². The number of likely N-dealkylation sites (tertiary alicyclic amines) is 1. The number of carbonyl (C=O) groups is 1. The molecule has 7 nitrogen and oxygen atoms in total. The van der Waals surface area contributed by atoms with Gasteiger partial charge in [-0.2, -0.15) is 26.3 Å². The number of nitrogens with one attached hydrogen (secondary N) is 1. The summed E-state index contributed by atoms with van der Waals surface area (Å²) in [6, 6.07) is 5.58. The zero-order chi connectivity index (χ0) is 27.5. The van der Waals surface area contributed by atoms with Crippen LogP contribution < -0.4 is 5.32 Å². The van der Waals surface area contributed by atoms with E-state index in [2.05, 4.69) is 15.3 Å². The van der Waals surface area contributed by atoms with Crippen molar-refractivity contribution in [1.29, 1.82) is 0 Å². The summed E-state index contributed by atoms with van der Waals surface area (Å²) >= 11 is 0. The van der Waals surface area contributed by atoms with Crippen molar-refractivity contribution >= 4 is 5.91 Å². The number of alkyl halides is 6. The maximum absolute atomic E-state index is 13.5. The Morgan fingerprint density at radius 1 is 1.08 bits per heavy atom. The first kappa shape index (κ1) is 28.2. The molecule has 38 heavy (non-hydrogen) atoms. The number of amides is 1. The zero-order valence-electron chi connectivity index (χ0n) is 20.6. The third-order valence-electron chi connectivity index (χ3n) is 6.73. The maximum atomic E-state index is 13.5. The van der Waals surface area contributed by atoms with Crippen molar-refractivity contribution in [1.82, 2.24) is 20.2 Å². The van der Waals surface area contributed by atoms with Gasteiger partial charge in [0.2, 0.25) is 5.82 Å². The Morgan fingerprint density at radius 3 is 2.47 bits per heavy atom. The number of aromatic nitrogens is 2. The molecule has 13 heteroatoms. The van der Waals surface area contributed by atoms with Crippen LogP contribution in [0, 0.1) is 0 Å². The molecule has 2 aliphatic rings. The standard InChI is InChI=1S/C25H28F6N4O3/c1-37-21-14-38-10-7-19(21)32-17-5-8-35(9-6-17)22(36)20-13-18(33-23(34-20)25(29,30)31)12-15-3-2-4-16(11-15)24(26,27)28/h2-4,11,13,17,19,21,32H,5-10,12,14H2,1H3/t19-,21+/m0/s1. The van der Waals surface area contributed by atoms with Crippen LogP contribution in [0.4, 0.5) is 26.3 Å². The minimum atomic E-state index is -4.93. The van der Waals surface area contributed by atoms with Crippen LogP contribution in [-0.2, 0) is 28.2 Å². The predicted molar refractivity (Wildman–Crippen MR) is 123 cm³/mol. The average molecular weight is 547 g/mol. The third-order valence-corrected chi connectivity index (χ3v) is 6.73. The summed E-state index contributed by atoms with van der Waals surface area (Å²) in [4.78, 5) is 21.5. The largest absolute Gasteiger partial charge is 0.451 e. The normalized spacial score (nSPS) is 21.5. The number of benzene rings is 1. The summed E-state index contributed by atoms with van der Waals surface area (Å²) in [5, 5.41) is 3.54. The number of hydrogen-bond donors (Lipinski definition) is 1. The van der Waals surface area contributed by atoms with E-state index in [0.717, 1.165) is 24.6 Å². The van der Waals surface area contributed by atoms with Crippen molar-refractivity contribution in [2.45, 2.75) is 56.2 Å². The van der Waals surface area contributed by atoms with Gasteiger partial charge in [-0.05, 0) is 37.0 Å². The first-order chi connectivity index (χ1) is 17.9. The highest BCUT2D eigenvalue weighted by Crippen LogP contribution is 2.31. The van der Waals surface area contributed by atoms with Gasteiger partial charge in [0, 0.05) is 51.0 Å². The van der Waals surface area contributed by atoms with Gasteiger partial charge in [0.05, 0.1) is 18.3 Å². The average Bonchev–Trinajstić information content (AvgIpc) is 2.88. The topological polar surface area (TPSA) is 76.6 Å². The van der Waals surface area contributed by atoms with Crippen LogP contribution in [0.3, 0.4) is 0 Å². The molecule has 2 aromatic rings. The van der Waals surface area contributed by atoms with E-state index >= 15 is 0 Å². The predicted octanol–water partition coefficient (Wildman–Crippen LogP) is 4.10. The molecule has 0 unspecified atom stereocenters. The molecule has 0 aliphatic carbocycles. The number of piperidine rings is 1. The second-order valence-electron chi connectivity index (χ2n) is 9.42. The van der Waals surface area contributed by atoms with Crippen LogP contribution in [0.25, 0.3) is 0 Å². The van der Waals surface area contributed by atoms with Gasteiger partial charge in [-0.1, -0.05) is 18.2 Å². The van der Waals surface area contributed by atoms with E-state index in [9.17, 15) is 31.1 Å². The van der Waals surface area contributed by atoms with Crippen LogP contribution in [-0.4, -0.2) is 72.4 Å². The molecule has 0 bridgehead atoms. The van der Waals surface area contributed by atoms with Crippen molar-refractivity contribution in [2.75, 3.05) is 33.4 Å². The van der Waals surface area contributed by atoms with Gasteiger partial charge >= 0.3 is 12.4 Å². The highest BCUT2D eigenvalue weighted by molar-refractivity contribution is 5.92. The molecule has 1 aromatic heterocycles. The molecule has 1 amide bonds. The van der Waals surface area contributed by atoms with Gasteiger partial charge in [-0.15, -0.1) is 0 Å². The molecule has 0 radical (unpaired) electrons. The number of ether oxygens (including phenoxy) is 2. The van der Waals surface area contributed by atoms with Gasteiger partial charge < -0.3 is 19.7 Å². The Balaban J connectivity index is 1.47. The monoisotopic (exact) mass is 546 g/mol. The lowest BCUT2D eigenvalue weighted by molar-refractivity contribution is -0.145. The van der Waals surface area contributed by atoms with E-state index < -0.39 is 35.3 Å². The van der Waals surface area contributed by atoms with Crippen LogP contribution in [0.1, 0.15) is 52.4 Å². The first-order valence-corrected chi connectivity index (χ1v) is 12.2. The summed E-state index contributed by atoms with van der Waals surface area (Å²) < 4.78 is 90.6. The molecule has 1 N–H and O–H groups in total. The summed E-state index contributed by atoms with van der Waals surface area (Å²) in [5.74, 6) is -2.19. The highest BCUT2D eigenvalue weighted by atomic mass is 19.4. The van der Waals surface area contributed by atoms with Crippen LogP contribution in [0.5, 0.6) is 0 Å². The summed E-state index contributed by atoms with van der Waals surface area (Å²) in [6.07, 6.45) is -7.98. The number of hydrogen-bond acceptors (Lipinski definition) is 6. The first-order valence-electron chi connectivity index (χ1n) is 12.2. The molecule has 1 aromatic carbocycles. The summed E-state index contributed by atoms with van der Waals surface area (Å²) in [7, 11) is 1.62. The molecule has 2 atom stereocenters. The van der Waals surface area contributed by atoms with Gasteiger partial charge in [0.1, 0.15) is 5.69 Å². The second-order valence-corrected chi connectivity index (χ2v) is 9.42. The molecule has 0 spiro atoms. The third kappa shape index (κ3) is 7.00. The van der Waals surface area contributed by atoms with Crippen LogP contribution in [0.15, 0.2) is 30.3 Å². The maximum Gasteiger partial charge on any atom is 0.451 e. The molecule has 0 saturated carbocycles. The van der Waals surface area contributed by atoms with Crippen LogP contribution >= 0.6 is 0 Å². The molecule has 4 rings (SSSR count). The van der Waals surface area contributed by atoms with E-state index in [4.69, 9.17) is 9.47 Å². The molecule has 208 valence electrons. The number of carbonyl (C=O) groups excluding carboxylic acids is 1. The summed E-state index contributed by atoms with van der Waals surface area (Å²) in [5.41, 5.74) is -1.45. The number of rotatable bonds is 6. The minimum absolute atomic E-state index is 0.0829. The van der Waals surface area contributed by atoms with E-state index in [1.54, 1.807) is 7.11 Å². The Bertz CT molecular complexity index is 1120. The van der Waals surface area contributed by atoms with Crippen molar-refractivity contribution in [3.05, 3.63) is 58.7 Å².